The van der Waals surface area contributed by atoms with Crippen LogP contribution in [0.3, 0.4) is 0 Å². The number of nitrogens with one attached hydrogen (secondary N) is 2. The summed E-state index contributed by atoms with van der Waals surface area (Å²) in [7, 11) is -3.94. The fraction of sp³-hybridized carbons (Fsp3) is 0.0909. The Morgan fingerprint density at radius 2 is 1.63 bits per heavy atom. The molecule has 0 amide bonds. The minimum absolute atomic E-state index is 0.0319. The molecule has 0 aliphatic rings. The lowest BCUT2D eigenvalue weighted by molar-refractivity contribution is 0.0947. The van der Waals surface area contributed by atoms with Gasteiger partial charge < -0.3 is 5.73 Å². The number of aromatic nitrogens is 4. The summed E-state index contributed by atoms with van der Waals surface area (Å²) in [4.78, 5) is 32.9. The predicted octanol–water partition coefficient (Wildman–Crippen LogP) is 3.07. The summed E-state index contributed by atoms with van der Waals surface area (Å²) in [6, 6.07) is 15.4. The number of carbonyl (C=O) groups is 1. The number of carbonyl (C=O) groups excluding carboxylic acids is 1. The lowest BCUT2D eigenvalue weighted by Gasteiger charge is -2.08. The molecule has 2 aromatic carbocycles. The van der Waals surface area contributed by atoms with Gasteiger partial charge in [-0.3, -0.25) is 14.7 Å². The van der Waals surface area contributed by atoms with E-state index in [2.05, 4.69) is 30.0 Å². The highest BCUT2D eigenvalue weighted by Crippen LogP contribution is 2.23. The van der Waals surface area contributed by atoms with Crippen LogP contribution >= 0.6 is 0 Å². The Morgan fingerprint density at radius 3 is 2.26 bits per heavy atom. The number of azo groups is 1. The molecule has 4 rings (SSSR count). The number of hydrogen-bond acceptors (Lipinski definition) is 9. The molecule has 0 aliphatic heterocycles. The second-order valence-electron chi connectivity index (χ2n) is 7.46. The number of benzene rings is 2. The van der Waals surface area contributed by atoms with E-state index < -0.39 is 21.5 Å². The molecule has 0 saturated heterocycles. The van der Waals surface area contributed by atoms with Crippen LogP contribution in [0.25, 0.3) is 0 Å². The van der Waals surface area contributed by atoms with Gasteiger partial charge >= 0.3 is 0 Å². The maximum Gasteiger partial charge on any atom is 0.294 e. The number of nitrogen functional groups attached to an aromatic ring is 1. The zero-order chi connectivity index (χ0) is 25.2. The van der Waals surface area contributed by atoms with Crippen LogP contribution in [0.5, 0.6) is 0 Å². The van der Waals surface area contributed by atoms with E-state index in [1.165, 1.54) is 24.3 Å². The van der Waals surface area contributed by atoms with Gasteiger partial charge in [0.1, 0.15) is 0 Å². The molecule has 0 atom stereocenters. The van der Waals surface area contributed by atoms with Gasteiger partial charge in [-0.25, -0.2) is 23.1 Å². The predicted molar refractivity (Wildman–Crippen MR) is 129 cm³/mol. The van der Waals surface area contributed by atoms with Crippen LogP contribution in [-0.2, 0) is 10.0 Å². The van der Waals surface area contributed by atoms with Gasteiger partial charge in [-0.05, 0) is 56.3 Å². The topological polar surface area (TPSA) is 178 Å². The zero-order valence-electron chi connectivity index (χ0n) is 18.6. The van der Waals surface area contributed by atoms with Crippen molar-refractivity contribution in [1.29, 1.82) is 0 Å². The second kappa shape index (κ2) is 9.30. The number of H-pyrrole nitrogens is 1. The van der Waals surface area contributed by atoms with Crippen LogP contribution in [0.1, 0.15) is 21.7 Å². The first kappa shape index (κ1) is 23.5. The molecule has 0 spiro atoms. The van der Waals surface area contributed by atoms with Gasteiger partial charge in [0.2, 0.25) is 5.95 Å². The van der Waals surface area contributed by atoms with Crippen molar-refractivity contribution in [3.8, 4) is 0 Å². The number of anilines is 2. The van der Waals surface area contributed by atoms with Crippen LogP contribution < -0.4 is 16.0 Å². The molecule has 0 aliphatic carbocycles. The lowest BCUT2D eigenvalue weighted by atomic mass is 10.2. The molecule has 35 heavy (non-hydrogen) atoms. The number of nitrogens with zero attached hydrogens (tertiary/aromatic N) is 5. The third-order valence-electron chi connectivity index (χ3n) is 4.76. The molecule has 2 aromatic heterocycles. The van der Waals surface area contributed by atoms with Crippen LogP contribution in [0.2, 0.25) is 0 Å². The smallest absolute Gasteiger partial charge is 0.294 e. The van der Waals surface area contributed by atoms with Crippen molar-refractivity contribution >= 4 is 39.1 Å². The van der Waals surface area contributed by atoms with E-state index in [9.17, 15) is 18.0 Å². The summed E-state index contributed by atoms with van der Waals surface area (Å²) < 4.78 is 28.5. The monoisotopic (exact) mass is 492 g/mol. The Balaban J connectivity index is 1.53. The molecule has 0 unspecified atom stereocenters. The number of sulfonamides is 1. The summed E-state index contributed by atoms with van der Waals surface area (Å²) in [6.07, 6.45) is 0. The lowest BCUT2D eigenvalue weighted by Crippen LogP contribution is -2.17. The molecule has 13 heteroatoms. The molecule has 2 heterocycles. The van der Waals surface area contributed by atoms with E-state index in [-0.39, 0.29) is 28.0 Å². The Bertz CT molecular complexity index is 1570. The molecule has 0 radical (unpaired) electrons. The van der Waals surface area contributed by atoms with Gasteiger partial charge in [0.25, 0.3) is 21.5 Å². The summed E-state index contributed by atoms with van der Waals surface area (Å²) in [5.41, 5.74) is 6.82. The molecule has 0 bridgehead atoms. The van der Waals surface area contributed by atoms with E-state index >= 15 is 0 Å². The van der Waals surface area contributed by atoms with Crippen molar-refractivity contribution in [2.24, 2.45) is 10.2 Å². The Morgan fingerprint density at radius 1 is 1.00 bits per heavy atom. The minimum atomic E-state index is -3.94. The molecule has 178 valence electrons. The first-order valence-corrected chi connectivity index (χ1v) is 11.7. The maximum atomic E-state index is 12.6. The summed E-state index contributed by atoms with van der Waals surface area (Å²) in [5.74, 6) is -0.767. The summed E-state index contributed by atoms with van der Waals surface area (Å²) >= 11 is 0. The van der Waals surface area contributed by atoms with E-state index in [0.29, 0.717) is 17.0 Å². The molecule has 4 N–H and O–H groups in total. The molecule has 0 fully saturated rings. The maximum absolute atomic E-state index is 12.6. The van der Waals surface area contributed by atoms with Gasteiger partial charge in [-0.1, -0.05) is 18.2 Å². The number of nitrogens with two attached hydrogens (primary N) is 1. The van der Waals surface area contributed by atoms with E-state index in [0.717, 1.165) is 4.68 Å². The Hall–Kier alpha value is -4.65. The third kappa shape index (κ3) is 5.14. The van der Waals surface area contributed by atoms with Crippen molar-refractivity contribution in [3.05, 3.63) is 88.0 Å². The van der Waals surface area contributed by atoms with Crippen LogP contribution in [0.15, 0.2) is 80.6 Å². The fourth-order valence-corrected chi connectivity index (χ4v) is 4.10. The van der Waals surface area contributed by atoms with Gasteiger partial charge in [0, 0.05) is 17.0 Å². The number of aryl methyl sites for hydroxylation is 2. The molecule has 0 saturated carbocycles. The Kier molecular flexibility index (Phi) is 6.25. The quantitative estimate of drug-likeness (QED) is 0.346. The number of aromatic amines is 1. The van der Waals surface area contributed by atoms with Gasteiger partial charge in [0.15, 0.2) is 11.5 Å². The van der Waals surface area contributed by atoms with E-state index in [1.807, 2.05) is 0 Å². The van der Waals surface area contributed by atoms with Crippen molar-refractivity contribution in [2.75, 3.05) is 10.5 Å². The second-order valence-corrected chi connectivity index (χ2v) is 9.14. The third-order valence-corrected chi connectivity index (χ3v) is 6.10. The average molecular weight is 493 g/mol. The van der Waals surface area contributed by atoms with Crippen LogP contribution in [-0.4, -0.2) is 34.1 Å². The zero-order valence-corrected chi connectivity index (χ0v) is 19.4. The van der Waals surface area contributed by atoms with Crippen molar-refractivity contribution in [3.63, 3.8) is 0 Å². The first-order valence-electron chi connectivity index (χ1n) is 10.2. The largest absolute Gasteiger partial charge is 0.382 e. The Labute approximate surface area is 199 Å². The van der Waals surface area contributed by atoms with Gasteiger partial charge in [-0.15, -0.1) is 5.11 Å². The molecular formula is C22H20N8O4S. The van der Waals surface area contributed by atoms with Crippen molar-refractivity contribution in [1.82, 2.24) is 19.7 Å². The van der Waals surface area contributed by atoms with E-state index in [1.54, 1.807) is 50.2 Å². The normalized spacial score (nSPS) is 11.6. The fourth-order valence-electron chi connectivity index (χ4n) is 3.15. The SMILES string of the molecule is Cc1cc(C)nc(NS(=O)(=O)c2ccc(N=Nc3c(N)n(C(=O)c4ccccc4)[nH]c3=O)cc2)n1. The van der Waals surface area contributed by atoms with Crippen LogP contribution in [0.4, 0.5) is 23.1 Å². The standard InChI is InChI=1S/C22H20N8O4S/c1-13-12-14(2)25-22(24-13)29-35(33,34)17-10-8-16(9-11-17)26-27-18-19(23)30(28-20(18)31)21(32)15-6-4-3-5-7-15/h3-12H,23H2,1-2H3,(H,28,31)(H,24,25,29). The van der Waals surface area contributed by atoms with E-state index in [4.69, 9.17) is 5.73 Å². The van der Waals surface area contributed by atoms with Gasteiger partial charge in [-0.2, -0.15) is 9.80 Å². The minimum Gasteiger partial charge on any atom is -0.382 e. The van der Waals surface area contributed by atoms with Crippen molar-refractivity contribution in [2.45, 2.75) is 18.7 Å². The van der Waals surface area contributed by atoms with Crippen LogP contribution in [0, 0.1) is 13.8 Å². The number of hydrogen-bond donors (Lipinski definition) is 3. The summed E-state index contributed by atoms with van der Waals surface area (Å²) in [5, 5.41) is 10.1. The highest BCUT2D eigenvalue weighted by molar-refractivity contribution is 7.92. The highest BCUT2D eigenvalue weighted by atomic mass is 32.2. The molecule has 4 aromatic rings. The number of rotatable bonds is 6. The van der Waals surface area contributed by atoms with Gasteiger partial charge in [0.05, 0.1) is 10.6 Å². The van der Waals surface area contributed by atoms with Crippen molar-refractivity contribution < 1.29 is 13.2 Å². The molecule has 12 nitrogen and oxygen atoms in total. The average Bonchev–Trinajstić information content (AvgIpc) is 3.10. The first-order chi connectivity index (χ1) is 16.6. The molecular weight excluding hydrogens is 472 g/mol. The summed E-state index contributed by atoms with van der Waals surface area (Å²) in [6.45, 7) is 3.46. The highest BCUT2D eigenvalue weighted by Gasteiger charge is 2.19.